The molecule has 0 atom stereocenters. The summed E-state index contributed by atoms with van der Waals surface area (Å²) in [7, 11) is 0. The molecule has 0 unspecified atom stereocenters. The lowest BCUT2D eigenvalue weighted by molar-refractivity contribution is 0.107. The molecule has 6 heteroatoms. The molecule has 0 aromatic carbocycles. The van der Waals surface area contributed by atoms with Crippen molar-refractivity contribution in [2.45, 2.75) is 38.1 Å². The lowest BCUT2D eigenvalue weighted by Gasteiger charge is -2.17. The summed E-state index contributed by atoms with van der Waals surface area (Å²) >= 11 is 2.84. The minimum absolute atomic E-state index is 0.00995. The third kappa shape index (κ3) is 2.76. The molecule has 2 aromatic rings. The molecule has 2 rings (SSSR count). The van der Waals surface area contributed by atoms with Crippen LogP contribution in [0.5, 0.6) is 0 Å². The van der Waals surface area contributed by atoms with E-state index in [9.17, 15) is 9.90 Å². The highest BCUT2D eigenvalue weighted by molar-refractivity contribution is 7.99. The summed E-state index contributed by atoms with van der Waals surface area (Å²) in [6.45, 7) is 6.01. The van der Waals surface area contributed by atoms with E-state index in [1.165, 1.54) is 23.1 Å². The van der Waals surface area contributed by atoms with Crippen LogP contribution in [0.4, 0.5) is 0 Å². The van der Waals surface area contributed by atoms with Crippen LogP contribution in [-0.4, -0.2) is 26.0 Å². The van der Waals surface area contributed by atoms with Crippen LogP contribution in [-0.2, 0) is 6.54 Å². The van der Waals surface area contributed by atoms with Crippen molar-refractivity contribution in [3.63, 3.8) is 0 Å². The van der Waals surface area contributed by atoms with Crippen LogP contribution in [0.2, 0.25) is 0 Å². The number of hydrogen-bond acceptors (Lipinski definition) is 5. The summed E-state index contributed by atoms with van der Waals surface area (Å²) in [5.41, 5.74) is -0.0198. The molecular weight excluding hydrogens is 268 g/mol. The second-order valence-electron chi connectivity index (χ2n) is 4.68. The molecule has 0 aliphatic rings. The molecule has 2 heterocycles. The van der Waals surface area contributed by atoms with E-state index in [1.54, 1.807) is 18.4 Å². The topological polar surface area (TPSA) is 55.1 Å². The lowest BCUT2D eigenvalue weighted by Crippen LogP contribution is -2.25. The number of aromatic nitrogens is 2. The molecule has 0 aliphatic heterocycles. The minimum Gasteiger partial charge on any atom is -0.390 e. The molecule has 0 fully saturated rings. The SMILES string of the molecule is CCn1c(SCC(C)(C)O)nc2ccsc2c1=O. The lowest BCUT2D eigenvalue weighted by atomic mass is 10.2. The van der Waals surface area contributed by atoms with Crippen molar-refractivity contribution in [3.8, 4) is 0 Å². The van der Waals surface area contributed by atoms with E-state index in [-0.39, 0.29) is 5.56 Å². The smallest absolute Gasteiger partial charge is 0.272 e. The summed E-state index contributed by atoms with van der Waals surface area (Å²) < 4.78 is 2.36. The Labute approximate surface area is 114 Å². The highest BCUT2D eigenvalue weighted by atomic mass is 32.2. The fourth-order valence-corrected chi connectivity index (χ4v) is 3.35. The maximum Gasteiger partial charge on any atom is 0.272 e. The third-order valence-electron chi connectivity index (χ3n) is 2.40. The molecule has 0 saturated heterocycles. The number of nitrogens with zero attached hydrogens (tertiary/aromatic N) is 2. The molecule has 98 valence electrons. The number of fused-ring (bicyclic) bond motifs is 1. The van der Waals surface area contributed by atoms with Crippen LogP contribution in [0.25, 0.3) is 10.2 Å². The van der Waals surface area contributed by atoms with Crippen molar-refractivity contribution in [2.75, 3.05) is 5.75 Å². The van der Waals surface area contributed by atoms with Crippen LogP contribution < -0.4 is 5.56 Å². The van der Waals surface area contributed by atoms with Gasteiger partial charge in [-0.2, -0.15) is 0 Å². The monoisotopic (exact) mass is 284 g/mol. The van der Waals surface area contributed by atoms with Gasteiger partial charge in [0.05, 0.1) is 11.1 Å². The standard InChI is InChI=1S/C12H16N2O2S2/c1-4-14-10(15)9-8(5-6-17-9)13-11(14)18-7-12(2,3)16/h5-6,16H,4,7H2,1-3H3. The summed E-state index contributed by atoms with van der Waals surface area (Å²) in [6, 6.07) is 1.86. The molecule has 0 amide bonds. The molecule has 18 heavy (non-hydrogen) atoms. The Morgan fingerprint density at radius 3 is 2.89 bits per heavy atom. The normalized spacial score (nSPS) is 12.2. The fraction of sp³-hybridized carbons (Fsp3) is 0.500. The Hall–Kier alpha value is -0.850. The quantitative estimate of drug-likeness (QED) is 0.691. The summed E-state index contributed by atoms with van der Waals surface area (Å²) in [4.78, 5) is 16.7. The Bertz CT molecular complexity index is 611. The van der Waals surface area contributed by atoms with Gasteiger partial charge in [0.1, 0.15) is 4.70 Å². The molecule has 0 spiro atoms. The van der Waals surface area contributed by atoms with Gasteiger partial charge in [0.2, 0.25) is 0 Å². The van der Waals surface area contributed by atoms with Crippen LogP contribution in [0.15, 0.2) is 21.4 Å². The molecule has 0 radical (unpaired) electrons. The van der Waals surface area contributed by atoms with E-state index in [1.807, 2.05) is 18.4 Å². The first-order valence-corrected chi connectivity index (χ1v) is 7.62. The highest BCUT2D eigenvalue weighted by Gasteiger charge is 2.17. The van der Waals surface area contributed by atoms with Gasteiger partial charge in [-0.25, -0.2) is 4.98 Å². The predicted molar refractivity (Wildman–Crippen MR) is 76.6 cm³/mol. The summed E-state index contributed by atoms with van der Waals surface area (Å²) in [5, 5.41) is 12.3. The van der Waals surface area contributed by atoms with Gasteiger partial charge in [-0.3, -0.25) is 9.36 Å². The molecule has 0 bridgehead atoms. The Kier molecular flexibility index (Phi) is 3.79. The predicted octanol–water partition coefficient (Wildman–Crippen LogP) is 2.34. The molecular formula is C12H16N2O2S2. The average molecular weight is 284 g/mol. The van der Waals surface area contributed by atoms with Gasteiger partial charge in [0.25, 0.3) is 5.56 Å². The van der Waals surface area contributed by atoms with Crippen molar-refractivity contribution in [3.05, 3.63) is 21.8 Å². The van der Waals surface area contributed by atoms with E-state index in [4.69, 9.17) is 0 Å². The average Bonchev–Trinajstić information content (AvgIpc) is 2.74. The first-order chi connectivity index (χ1) is 8.42. The summed E-state index contributed by atoms with van der Waals surface area (Å²) in [6.07, 6.45) is 0. The zero-order valence-corrected chi connectivity index (χ0v) is 12.3. The van der Waals surface area contributed by atoms with Gasteiger partial charge in [-0.1, -0.05) is 11.8 Å². The molecule has 0 saturated carbocycles. The molecule has 2 aromatic heterocycles. The van der Waals surface area contributed by atoms with Crippen molar-refractivity contribution < 1.29 is 5.11 Å². The number of rotatable bonds is 4. The van der Waals surface area contributed by atoms with E-state index in [0.717, 1.165) is 5.52 Å². The first-order valence-electron chi connectivity index (χ1n) is 5.75. The van der Waals surface area contributed by atoms with Crippen molar-refractivity contribution in [2.24, 2.45) is 0 Å². The summed E-state index contributed by atoms with van der Waals surface area (Å²) in [5.74, 6) is 0.509. The van der Waals surface area contributed by atoms with Crippen LogP contribution in [0.3, 0.4) is 0 Å². The highest BCUT2D eigenvalue weighted by Crippen LogP contribution is 2.23. The third-order valence-corrected chi connectivity index (χ3v) is 4.71. The maximum absolute atomic E-state index is 12.2. The maximum atomic E-state index is 12.2. The molecule has 0 aliphatic carbocycles. The second-order valence-corrected chi connectivity index (χ2v) is 6.54. The van der Waals surface area contributed by atoms with Gasteiger partial charge in [-0.15, -0.1) is 11.3 Å². The van der Waals surface area contributed by atoms with E-state index >= 15 is 0 Å². The van der Waals surface area contributed by atoms with Crippen LogP contribution >= 0.6 is 23.1 Å². The first kappa shape index (κ1) is 13.6. The van der Waals surface area contributed by atoms with Crippen molar-refractivity contribution in [1.82, 2.24) is 9.55 Å². The fourth-order valence-electron chi connectivity index (χ4n) is 1.55. The second kappa shape index (κ2) is 5.03. The zero-order valence-electron chi connectivity index (χ0n) is 10.6. The number of hydrogen-bond donors (Lipinski definition) is 1. The van der Waals surface area contributed by atoms with Crippen molar-refractivity contribution >= 4 is 33.3 Å². The van der Waals surface area contributed by atoms with Crippen LogP contribution in [0, 0.1) is 0 Å². The van der Waals surface area contributed by atoms with Crippen LogP contribution in [0.1, 0.15) is 20.8 Å². The zero-order chi connectivity index (χ0) is 13.3. The molecule has 4 nitrogen and oxygen atoms in total. The van der Waals surface area contributed by atoms with E-state index in [2.05, 4.69) is 4.98 Å². The minimum atomic E-state index is -0.773. The Morgan fingerprint density at radius 2 is 2.28 bits per heavy atom. The largest absolute Gasteiger partial charge is 0.390 e. The van der Waals surface area contributed by atoms with Crippen molar-refractivity contribution in [1.29, 1.82) is 0 Å². The molecule has 1 N–H and O–H groups in total. The number of aliphatic hydroxyl groups is 1. The van der Waals surface area contributed by atoms with Gasteiger partial charge >= 0.3 is 0 Å². The van der Waals surface area contributed by atoms with Gasteiger partial charge in [-0.05, 0) is 32.2 Å². The van der Waals surface area contributed by atoms with Gasteiger partial charge < -0.3 is 5.11 Å². The van der Waals surface area contributed by atoms with E-state index in [0.29, 0.717) is 22.2 Å². The van der Waals surface area contributed by atoms with E-state index < -0.39 is 5.60 Å². The number of thioether (sulfide) groups is 1. The van der Waals surface area contributed by atoms with Gasteiger partial charge in [0, 0.05) is 12.3 Å². The number of thiophene rings is 1. The van der Waals surface area contributed by atoms with Gasteiger partial charge in [0.15, 0.2) is 5.16 Å². The Morgan fingerprint density at radius 1 is 1.56 bits per heavy atom. The Balaban J connectivity index is 2.45.